The number of hydrogen-bond donors (Lipinski definition) is 1. The van der Waals surface area contributed by atoms with Gasteiger partial charge in [-0.3, -0.25) is 9.10 Å². The van der Waals surface area contributed by atoms with Gasteiger partial charge >= 0.3 is 0 Å². The van der Waals surface area contributed by atoms with E-state index in [9.17, 15) is 21.6 Å². The number of amides is 1. The first kappa shape index (κ1) is 25.0. The van der Waals surface area contributed by atoms with Gasteiger partial charge in [-0.15, -0.1) is 0 Å². The third-order valence-corrected chi connectivity index (χ3v) is 8.55. The van der Waals surface area contributed by atoms with Gasteiger partial charge in [-0.1, -0.05) is 25.1 Å². The minimum atomic E-state index is -3.79. The van der Waals surface area contributed by atoms with Gasteiger partial charge in [-0.25, -0.2) is 16.8 Å². The summed E-state index contributed by atoms with van der Waals surface area (Å²) < 4.78 is 58.9. The van der Waals surface area contributed by atoms with Crippen molar-refractivity contribution in [1.29, 1.82) is 0 Å². The maximum Gasteiger partial charge on any atom is 0.248 e. The van der Waals surface area contributed by atoms with Crippen LogP contribution in [0.4, 0.5) is 11.4 Å². The van der Waals surface area contributed by atoms with Gasteiger partial charge in [0.1, 0.15) is 11.8 Å². The summed E-state index contributed by atoms with van der Waals surface area (Å²) in [5, 5.41) is 2.68. The second-order valence-corrected chi connectivity index (χ2v) is 11.6. The van der Waals surface area contributed by atoms with Crippen LogP contribution in [0.3, 0.4) is 0 Å². The summed E-state index contributed by atoms with van der Waals surface area (Å²) in [5.41, 5.74) is 0.516. The molecule has 33 heavy (non-hydrogen) atoms. The number of nitrogens with zero attached hydrogens (tertiary/aromatic N) is 2. The second-order valence-electron chi connectivity index (χ2n) is 7.78. The highest BCUT2D eigenvalue weighted by Crippen LogP contribution is 2.31. The molecule has 1 saturated heterocycles. The number of benzene rings is 2. The van der Waals surface area contributed by atoms with Crippen molar-refractivity contribution >= 4 is 37.3 Å². The average molecular weight is 496 g/mol. The summed E-state index contributed by atoms with van der Waals surface area (Å²) in [4.78, 5) is 13.3. The van der Waals surface area contributed by atoms with Crippen LogP contribution in [-0.2, 0) is 24.8 Å². The largest absolute Gasteiger partial charge is 0.495 e. The van der Waals surface area contributed by atoms with Gasteiger partial charge in [-0.2, -0.15) is 4.31 Å². The Morgan fingerprint density at radius 1 is 1.09 bits per heavy atom. The van der Waals surface area contributed by atoms with Gasteiger partial charge in [0.25, 0.3) is 0 Å². The number of nitrogens with one attached hydrogen (secondary N) is 1. The Hall–Kier alpha value is -2.63. The van der Waals surface area contributed by atoms with E-state index in [4.69, 9.17) is 4.74 Å². The molecule has 0 aliphatic carbocycles. The van der Waals surface area contributed by atoms with Crippen molar-refractivity contribution < 1.29 is 26.4 Å². The zero-order valence-electron chi connectivity index (χ0n) is 18.9. The summed E-state index contributed by atoms with van der Waals surface area (Å²) in [7, 11) is -6.09. The van der Waals surface area contributed by atoms with E-state index in [2.05, 4.69) is 5.32 Å². The quantitative estimate of drug-likeness (QED) is 0.572. The van der Waals surface area contributed by atoms with Crippen LogP contribution in [0.15, 0.2) is 53.4 Å². The highest BCUT2D eigenvalue weighted by molar-refractivity contribution is 7.92. The van der Waals surface area contributed by atoms with Gasteiger partial charge in [0.2, 0.25) is 26.0 Å². The molecule has 1 N–H and O–H groups in total. The van der Waals surface area contributed by atoms with Gasteiger partial charge in [0.15, 0.2) is 0 Å². The lowest BCUT2D eigenvalue weighted by molar-refractivity contribution is -0.117. The predicted molar refractivity (Wildman–Crippen MR) is 127 cm³/mol. The zero-order chi connectivity index (χ0) is 24.2. The second kappa shape index (κ2) is 10.1. The Kier molecular flexibility index (Phi) is 7.65. The Balaban J connectivity index is 1.96. The van der Waals surface area contributed by atoms with Crippen molar-refractivity contribution in [2.24, 2.45) is 0 Å². The van der Waals surface area contributed by atoms with Crippen LogP contribution in [0, 0.1) is 0 Å². The number of hydrogen-bond acceptors (Lipinski definition) is 6. The molecule has 9 nitrogen and oxygen atoms in total. The number of para-hydroxylation sites is 1. The molecule has 1 amide bonds. The molecule has 1 fully saturated rings. The molecule has 0 unspecified atom stereocenters. The molecule has 1 atom stereocenters. The third-order valence-electron chi connectivity index (χ3n) is 5.47. The summed E-state index contributed by atoms with van der Waals surface area (Å²) in [5.74, 6) is -0.329. The van der Waals surface area contributed by atoms with Crippen LogP contribution in [0.2, 0.25) is 0 Å². The molecule has 0 aromatic heterocycles. The zero-order valence-corrected chi connectivity index (χ0v) is 20.5. The van der Waals surface area contributed by atoms with Crippen molar-refractivity contribution in [1.82, 2.24) is 4.31 Å². The standard InChI is InChI=1S/C22H29N3O6S2/c1-4-20(25(32(3,27)28)17-10-6-5-7-11-17)22(26)23-19-16-18(12-13-21(19)31-2)33(29,30)24-14-8-9-15-24/h5-7,10-13,16,20H,4,8-9,14-15H2,1-3H3,(H,23,26)/t20-/m0/s1. The highest BCUT2D eigenvalue weighted by Gasteiger charge is 2.33. The molecule has 0 saturated carbocycles. The lowest BCUT2D eigenvalue weighted by atomic mass is 10.1. The fraction of sp³-hybridized carbons (Fsp3) is 0.409. The number of carbonyl (C=O) groups excluding carboxylic acids is 1. The monoisotopic (exact) mass is 495 g/mol. The van der Waals surface area contributed by atoms with Crippen molar-refractivity contribution in [3.8, 4) is 5.75 Å². The number of methoxy groups -OCH3 is 1. The van der Waals surface area contributed by atoms with Crippen LogP contribution < -0.4 is 14.4 Å². The lowest BCUT2D eigenvalue weighted by Gasteiger charge is -2.30. The molecular weight excluding hydrogens is 466 g/mol. The van der Waals surface area contributed by atoms with Gasteiger partial charge in [-0.05, 0) is 49.6 Å². The molecule has 0 spiro atoms. The maximum atomic E-state index is 13.3. The molecular formula is C22H29N3O6S2. The van der Waals surface area contributed by atoms with E-state index in [0.717, 1.165) is 23.4 Å². The molecule has 11 heteroatoms. The van der Waals surface area contributed by atoms with E-state index < -0.39 is 32.0 Å². The minimum Gasteiger partial charge on any atom is -0.495 e. The number of anilines is 2. The summed E-state index contributed by atoms with van der Waals surface area (Å²) in [6.07, 6.45) is 2.84. The Labute approximate surface area is 195 Å². The third kappa shape index (κ3) is 5.48. The van der Waals surface area contributed by atoms with E-state index in [-0.39, 0.29) is 22.8 Å². The van der Waals surface area contributed by atoms with Crippen LogP contribution in [0.25, 0.3) is 0 Å². The Bertz CT molecular complexity index is 1190. The van der Waals surface area contributed by atoms with Gasteiger partial charge in [0, 0.05) is 13.1 Å². The molecule has 1 aliphatic rings. The number of sulfonamides is 2. The fourth-order valence-electron chi connectivity index (χ4n) is 3.87. The maximum absolute atomic E-state index is 13.3. The van der Waals surface area contributed by atoms with Gasteiger partial charge < -0.3 is 10.1 Å². The van der Waals surface area contributed by atoms with Crippen LogP contribution in [0.1, 0.15) is 26.2 Å². The smallest absolute Gasteiger partial charge is 0.248 e. The first-order valence-electron chi connectivity index (χ1n) is 10.6. The normalized spacial score (nSPS) is 15.7. The number of ether oxygens (including phenoxy) is 1. The average Bonchev–Trinajstić information content (AvgIpc) is 3.33. The summed E-state index contributed by atoms with van der Waals surface area (Å²) in [6.45, 7) is 2.61. The molecule has 1 aliphatic heterocycles. The van der Waals surface area contributed by atoms with Crippen LogP contribution in [-0.4, -0.2) is 59.5 Å². The summed E-state index contributed by atoms with van der Waals surface area (Å²) >= 11 is 0. The first-order valence-corrected chi connectivity index (χ1v) is 13.9. The van der Waals surface area contributed by atoms with Crippen molar-refractivity contribution in [3.05, 3.63) is 48.5 Å². The molecule has 0 bridgehead atoms. The minimum absolute atomic E-state index is 0.0385. The van der Waals surface area contributed by atoms with E-state index in [1.165, 1.54) is 29.6 Å². The van der Waals surface area contributed by atoms with E-state index in [1.807, 2.05) is 0 Å². The van der Waals surface area contributed by atoms with Crippen molar-refractivity contribution in [2.75, 3.05) is 36.1 Å². The van der Waals surface area contributed by atoms with Crippen molar-refractivity contribution in [2.45, 2.75) is 37.1 Å². The fourth-order valence-corrected chi connectivity index (χ4v) is 6.63. The Morgan fingerprint density at radius 3 is 2.27 bits per heavy atom. The van der Waals surface area contributed by atoms with E-state index >= 15 is 0 Å². The SMILES string of the molecule is CC[C@@H](C(=O)Nc1cc(S(=O)(=O)N2CCCC2)ccc1OC)N(c1ccccc1)S(C)(=O)=O. The lowest BCUT2D eigenvalue weighted by Crippen LogP contribution is -2.47. The predicted octanol–water partition coefficient (Wildman–Crippen LogP) is 2.66. The van der Waals surface area contributed by atoms with Crippen LogP contribution in [0.5, 0.6) is 5.75 Å². The molecule has 2 aromatic rings. The van der Waals surface area contributed by atoms with E-state index in [0.29, 0.717) is 18.8 Å². The van der Waals surface area contributed by atoms with Crippen LogP contribution >= 0.6 is 0 Å². The number of rotatable bonds is 9. The molecule has 2 aromatic carbocycles. The van der Waals surface area contributed by atoms with E-state index in [1.54, 1.807) is 37.3 Å². The highest BCUT2D eigenvalue weighted by atomic mass is 32.2. The first-order chi connectivity index (χ1) is 15.6. The molecule has 180 valence electrons. The molecule has 3 rings (SSSR count). The van der Waals surface area contributed by atoms with Crippen molar-refractivity contribution in [3.63, 3.8) is 0 Å². The van der Waals surface area contributed by atoms with Gasteiger partial charge in [0.05, 0.1) is 29.6 Å². The Morgan fingerprint density at radius 2 is 1.73 bits per heavy atom. The molecule has 1 heterocycles. The molecule has 0 radical (unpaired) electrons. The summed E-state index contributed by atoms with van der Waals surface area (Å²) in [6, 6.07) is 11.6. The number of carbonyl (C=O) groups is 1. The topological polar surface area (TPSA) is 113 Å².